The summed E-state index contributed by atoms with van der Waals surface area (Å²) in [7, 11) is -0.617. The zero-order chi connectivity index (χ0) is 36.7. The summed E-state index contributed by atoms with van der Waals surface area (Å²) >= 11 is 0. The number of imidazole rings is 1. The molecule has 2 aliphatic heterocycles. The normalized spacial score (nSPS) is 23.6. The Bertz CT molecular complexity index is 2090. The summed E-state index contributed by atoms with van der Waals surface area (Å²) in [5, 5.41) is 2.97. The van der Waals surface area contributed by atoms with E-state index >= 15 is 0 Å². The highest BCUT2D eigenvalue weighted by Gasteiger charge is 2.47. The molecule has 15 heteroatoms. The molecule has 0 aromatic carbocycles. The SMILES string of the molecule is Cc1ccnc(C2CC2C(=O)Nc2nccc(N3C[C@@H](O[Si](C)(C)C(C)(C)C)C[C@@H]3c3cn4cc(C5CC5)cc(N5CC(=O)N(C)C5=O)c4n3)n2)n1. The first-order valence-electron chi connectivity index (χ1n) is 18.2. The van der Waals surface area contributed by atoms with Crippen LogP contribution in [0.1, 0.15) is 87.1 Å². The standard InChI is InChI=1S/C37H46N10O4Si/c1-21-10-12-38-32(40-21)25-16-26(25)34(49)43-35-39-13-11-30(42-35)46-18-24(51-52(6,7)37(2,3)4)15-28(46)27-19-45-17-23(22-8-9-22)14-29(33(45)41-27)47-20-31(48)44(5)36(47)50/h10-14,17,19,22,24-26,28H,8-9,15-16,18,20H2,1-7H3,(H,39,42,43,49)/t24-,25?,26?,28+/m0/s1. The molecule has 4 aliphatic rings. The van der Waals surface area contributed by atoms with Crippen molar-refractivity contribution in [3.05, 3.63) is 65.8 Å². The monoisotopic (exact) mass is 722 g/mol. The van der Waals surface area contributed by atoms with Crippen molar-refractivity contribution in [3.8, 4) is 0 Å². The fourth-order valence-corrected chi connectivity index (χ4v) is 8.46. The van der Waals surface area contributed by atoms with Crippen LogP contribution in [-0.4, -0.2) is 86.6 Å². The molecule has 4 atom stereocenters. The van der Waals surface area contributed by atoms with Gasteiger partial charge in [-0.05, 0) is 74.0 Å². The van der Waals surface area contributed by atoms with Crippen LogP contribution in [0.25, 0.3) is 5.65 Å². The number of carbonyl (C=O) groups excluding carboxylic acids is 3. The summed E-state index contributed by atoms with van der Waals surface area (Å²) in [6.45, 7) is 13.7. The van der Waals surface area contributed by atoms with Gasteiger partial charge < -0.3 is 13.7 Å². The first-order valence-corrected chi connectivity index (χ1v) is 21.1. The molecule has 2 aliphatic carbocycles. The quantitative estimate of drug-likeness (QED) is 0.171. The molecule has 4 fully saturated rings. The molecule has 1 N–H and O–H groups in total. The maximum atomic E-state index is 13.3. The molecule has 2 saturated carbocycles. The molecule has 0 bridgehead atoms. The molecule has 6 heterocycles. The number of imide groups is 1. The van der Waals surface area contributed by atoms with Crippen LogP contribution in [0.4, 0.5) is 22.2 Å². The van der Waals surface area contributed by atoms with Crippen LogP contribution in [0.2, 0.25) is 18.1 Å². The zero-order valence-corrected chi connectivity index (χ0v) is 31.8. The van der Waals surface area contributed by atoms with Gasteiger partial charge in [-0.1, -0.05) is 20.8 Å². The van der Waals surface area contributed by atoms with Gasteiger partial charge in [-0.2, -0.15) is 4.98 Å². The maximum absolute atomic E-state index is 13.3. The number of fused-ring (bicyclic) bond motifs is 1. The first kappa shape index (κ1) is 34.3. The van der Waals surface area contributed by atoms with Gasteiger partial charge in [0.2, 0.25) is 17.8 Å². The Kier molecular flexibility index (Phi) is 8.21. The molecule has 52 heavy (non-hydrogen) atoms. The van der Waals surface area contributed by atoms with Crippen molar-refractivity contribution in [2.24, 2.45) is 5.92 Å². The van der Waals surface area contributed by atoms with E-state index in [4.69, 9.17) is 14.4 Å². The fraction of sp³-hybridized carbons (Fsp3) is 0.514. The lowest BCUT2D eigenvalue weighted by atomic mass is 10.1. The molecule has 4 amide bonds. The Labute approximate surface area is 304 Å². The maximum Gasteiger partial charge on any atom is 0.331 e. The Balaban J connectivity index is 1.11. The van der Waals surface area contributed by atoms with Crippen molar-refractivity contribution in [2.45, 2.75) is 95.5 Å². The number of aromatic nitrogens is 6. The van der Waals surface area contributed by atoms with E-state index in [1.807, 2.05) is 35.7 Å². The highest BCUT2D eigenvalue weighted by molar-refractivity contribution is 6.74. The summed E-state index contributed by atoms with van der Waals surface area (Å²) in [4.78, 5) is 67.3. The Morgan fingerprint density at radius 1 is 1.02 bits per heavy atom. The molecule has 8 rings (SSSR count). The summed E-state index contributed by atoms with van der Waals surface area (Å²) in [5.74, 6) is 1.36. The molecule has 2 unspecified atom stereocenters. The van der Waals surface area contributed by atoms with Crippen LogP contribution in [-0.2, 0) is 14.0 Å². The molecule has 2 saturated heterocycles. The van der Waals surface area contributed by atoms with E-state index in [9.17, 15) is 14.4 Å². The average Bonchev–Trinajstić information content (AvgIpc) is 4.00. The van der Waals surface area contributed by atoms with Crippen LogP contribution in [0, 0.1) is 12.8 Å². The smallest absolute Gasteiger partial charge is 0.331 e. The second-order valence-corrected chi connectivity index (χ2v) is 21.0. The number of nitrogens with zero attached hydrogens (tertiary/aromatic N) is 9. The lowest BCUT2D eigenvalue weighted by Gasteiger charge is -2.38. The molecule has 0 radical (unpaired) electrons. The van der Waals surface area contributed by atoms with Crippen molar-refractivity contribution in [2.75, 3.05) is 35.3 Å². The number of hydrogen-bond donors (Lipinski definition) is 1. The van der Waals surface area contributed by atoms with E-state index in [1.165, 1.54) is 11.9 Å². The number of rotatable bonds is 9. The molecule has 4 aromatic rings. The third-order valence-electron chi connectivity index (χ3n) is 11.4. The number of urea groups is 1. The summed E-state index contributed by atoms with van der Waals surface area (Å²) < 4.78 is 8.98. The number of hydrogen-bond acceptors (Lipinski definition) is 10. The highest BCUT2D eigenvalue weighted by atomic mass is 28.4. The van der Waals surface area contributed by atoms with Gasteiger partial charge in [0.05, 0.1) is 23.5 Å². The largest absolute Gasteiger partial charge is 0.412 e. The lowest BCUT2D eigenvalue weighted by Crippen LogP contribution is -2.44. The predicted molar refractivity (Wildman–Crippen MR) is 198 cm³/mol. The Hall–Kier alpha value is -4.76. The number of pyridine rings is 1. The molecule has 14 nitrogen and oxygen atoms in total. The van der Waals surface area contributed by atoms with Gasteiger partial charge in [-0.25, -0.2) is 24.7 Å². The number of anilines is 3. The molecular weight excluding hydrogens is 677 g/mol. The number of aryl methyl sites for hydroxylation is 1. The van der Waals surface area contributed by atoms with Gasteiger partial charge in [0, 0.05) is 62.3 Å². The van der Waals surface area contributed by atoms with Crippen molar-refractivity contribution in [3.63, 3.8) is 0 Å². The number of likely N-dealkylation sites (N-methyl/N-ethyl adjacent to an activating group) is 1. The third kappa shape index (κ3) is 6.33. The average molecular weight is 723 g/mol. The van der Waals surface area contributed by atoms with Crippen molar-refractivity contribution in [1.82, 2.24) is 34.2 Å². The molecule has 272 valence electrons. The van der Waals surface area contributed by atoms with Crippen LogP contribution in [0.3, 0.4) is 0 Å². The fourth-order valence-electron chi connectivity index (χ4n) is 7.10. The second-order valence-electron chi connectivity index (χ2n) is 16.3. The van der Waals surface area contributed by atoms with Gasteiger partial charge in [-0.3, -0.25) is 24.7 Å². The summed E-state index contributed by atoms with van der Waals surface area (Å²) in [5.41, 5.74) is 4.08. The third-order valence-corrected chi connectivity index (χ3v) is 15.9. The number of nitrogens with one attached hydrogen (secondary N) is 1. The van der Waals surface area contributed by atoms with Gasteiger partial charge in [0.1, 0.15) is 18.2 Å². The molecular formula is C37H46N10O4Si. The minimum atomic E-state index is -2.13. The van der Waals surface area contributed by atoms with Crippen molar-refractivity contribution < 1.29 is 18.8 Å². The van der Waals surface area contributed by atoms with Crippen LogP contribution >= 0.6 is 0 Å². The lowest BCUT2D eigenvalue weighted by molar-refractivity contribution is -0.124. The van der Waals surface area contributed by atoms with Gasteiger partial charge >= 0.3 is 6.03 Å². The summed E-state index contributed by atoms with van der Waals surface area (Å²) in [6, 6.07) is 5.16. The van der Waals surface area contributed by atoms with E-state index < -0.39 is 8.32 Å². The van der Waals surface area contributed by atoms with E-state index in [1.54, 1.807) is 12.4 Å². The van der Waals surface area contributed by atoms with Gasteiger partial charge in [0.15, 0.2) is 14.0 Å². The minimum Gasteiger partial charge on any atom is -0.412 e. The number of amides is 4. The van der Waals surface area contributed by atoms with Gasteiger partial charge in [-0.15, -0.1) is 0 Å². The number of carbonyl (C=O) groups is 3. The Morgan fingerprint density at radius 2 is 1.79 bits per heavy atom. The zero-order valence-electron chi connectivity index (χ0n) is 30.8. The van der Waals surface area contributed by atoms with Gasteiger partial charge in [0.25, 0.3) is 0 Å². The highest BCUT2D eigenvalue weighted by Crippen LogP contribution is 2.47. The van der Waals surface area contributed by atoms with Crippen LogP contribution < -0.4 is 15.1 Å². The van der Waals surface area contributed by atoms with E-state index in [-0.39, 0.29) is 59.4 Å². The van der Waals surface area contributed by atoms with E-state index in [0.717, 1.165) is 34.7 Å². The van der Waals surface area contributed by atoms with E-state index in [0.29, 0.717) is 48.3 Å². The minimum absolute atomic E-state index is 0.0194. The van der Waals surface area contributed by atoms with Crippen molar-refractivity contribution >= 4 is 49.3 Å². The molecule has 0 spiro atoms. The van der Waals surface area contributed by atoms with Crippen LogP contribution in [0.5, 0.6) is 0 Å². The second kappa shape index (κ2) is 12.4. The van der Waals surface area contributed by atoms with Crippen molar-refractivity contribution in [1.29, 1.82) is 0 Å². The molecule has 4 aromatic heterocycles. The van der Waals surface area contributed by atoms with Crippen LogP contribution in [0.15, 0.2) is 43.0 Å². The topological polar surface area (TPSA) is 151 Å². The predicted octanol–water partition coefficient (Wildman–Crippen LogP) is 5.58. The van der Waals surface area contributed by atoms with E-state index in [2.05, 4.69) is 65.2 Å². The Morgan fingerprint density at radius 3 is 2.48 bits per heavy atom. The summed E-state index contributed by atoms with van der Waals surface area (Å²) in [6.07, 6.45) is 11.0. The first-order chi connectivity index (χ1) is 24.7.